The number of hydrogen-bond acceptors (Lipinski definition) is 4. The largest absolute Gasteiger partial charge is 0.355 e. The summed E-state index contributed by atoms with van der Waals surface area (Å²) in [6, 6.07) is 12.3. The summed E-state index contributed by atoms with van der Waals surface area (Å²) in [7, 11) is -3.67. The molecule has 1 fully saturated rings. The Morgan fingerprint density at radius 3 is 2.82 bits per heavy atom. The fraction of sp³-hybridized carbons (Fsp3) is 0.300. The van der Waals surface area contributed by atoms with Gasteiger partial charge in [0.25, 0.3) is 10.0 Å². The van der Waals surface area contributed by atoms with Crippen LogP contribution in [0, 0.1) is 12.8 Å². The number of carbonyl (C=O) groups excluding carboxylic acids is 1. The maximum atomic E-state index is 12.8. The standard InChI is InChI=1S/C20H20ClN3O3S/c1-13-8-9-17(16(21)11-13)22-20(25)14-5-4-10-24(12-14)19-15-6-2-3-7-18(15)28(26,27)23-19/h2-3,6-9,11,14H,4-5,10,12H2,1H3,(H,22,25)/t14-/m0/s1. The Morgan fingerprint density at radius 1 is 1.25 bits per heavy atom. The summed E-state index contributed by atoms with van der Waals surface area (Å²) < 4.78 is 28.6. The van der Waals surface area contributed by atoms with Gasteiger partial charge in [0.05, 0.1) is 16.6 Å². The number of likely N-dealkylation sites (tertiary alicyclic amines) is 1. The maximum absolute atomic E-state index is 12.8. The van der Waals surface area contributed by atoms with Crippen molar-refractivity contribution in [2.75, 3.05) is 18.4 Å². The third kappa shape index (κ3) is 3.52. The van der Waals surface area contributed by atoms with Gasteiger partial charge in [0, 0.05) is 18.7 Å². The number of benzene rings is 2. The van der Waals surface area contributed by atoms with Crippen LogP contribution in [-0.2, 0) is 14.8 Å². The second kappa shape index (κ2) is 7.22. The van der Waals surface area contributed by atoms with E-state index in [0.717, 1.165) is 18.4 Å². The number of rotatable bonds is 2. The van der Waals surface area contributed by atoms with Gasteiger partial charge in [-0.2, -0.15) is 8.42 Å². The van der Waals surface area contributed by atoms with Gasteiger partial charge in [-0.3, -0.25) is 4.79 Å². The van der Waals surface area contributed by atoms with Gasteiger partial charge >= 0.3 is 0 Å². The molecule has 28 heavy (non-hydrogen) atoms. The van der Waals surface area contributed by atoms with Gasteiger partial charge in [0.1, 0.15) is 4.90 Å². The van der Waals surface area contributed by atoms with Crippen molar-refractivity contribution in [3.63, 3.8) is 0 Å². The number of piperidine rings is 1. The lowest BCUT2D eigenvalue weighted by molar-refractivity contribution is -0.121. The predicted octanol–water partition coefficient (Wildman–Crippen LogP) is 3.45. The molecule has 0 bridgehead atoms. The fourth-order valence-corrected chi connectivity index (χ4v) is 5.17. The Hall–Kier alpha value is -2.38. The van der Waals surface area contributed by atoms with E-state index in [2.05, 4.69) is 9.71 Å². The first-order valence-electron chi connectivity index (χ1n) is 9.11. The van der Waals surface area contributed by atoms with Crippen LogP contribution in [-0.4, -0.2) is 38.2 Å². The normalized spacial score (nSPS) is 20.4. The number of aryl methyl sites for hydroxylation is 1. The van der Waals surface area contributed by atoms with E-state index < -0.39 is 10.0 Å². The molecular formula is C20H20ClN3O3S. The van der Waals surface area contributed by atoms with E-state index in [1.54, 1.807) is 36.4 Å². The van der Waals surface area contributed by atoms with Crippen LogP contribution >= 0.6 is 11.6 Å². The molecule has 0 aliphatic carbocycles. The number of sulfonamides is 1. The molecule has 2 aromatic carbocycles. The Bertz CT molecular complexity index is 1080. The lowest BCUT2D eigenvalue weighted by Gasteiger charge is -2.33. The fourth-order valence-electron chi connectivity index (χ4n) is 3.66. The summed E-state index contributed by atoms with van der Waals surface area (Å²) in [5.74, 6) is 0.0379. The molecular weight excluding hydrogens is 398 g/mol. The molecule has 2 aromatic rings. The third-order valence-electron chi connectivity index (χ3n) is 5.09. The zero-order valence-electron chi connectivity index (χ0n) is 15.4. The second-order valence-electron chi connectivity index (χ2n) is 7.14. The minimum atomic E-state index is -3.67. The van der Waals surface area contributed by atoms with Gasteiger partial charge in [-0.15, -0.1) is 4.40 Å². The molecule has 8 heteroatoms. The average molecular weight is 418 g/mol. The Kier molecular flexibility index (Phi) is 4.89. The molecule has 0 radical (unpaired) electrons. The minimum absolute atomic E-state index is 0.120. The van der Waals surface area contributed by atoms with Gasteiger partial charge in [0.15, 0.2) is 5.84 Å². The highest BCUT2D eigenvalue weighted by Crippen LogP contribution is 2.30. The first-order chi connectivity index (χ1) is 13.3. The number of amidine groups is 1. The molecule has 2 aliphatic rings. The van der Waals surface area contributed by atoms with Crippen LogP contribution in [0.25, 0.3) is 0 Å². The summed E-state index contributed by atoms with van der Waals surface area (Å²) in [5.41, 5.74) is 2.21. The van der Waals surface area contributed by atoms with Crippen molar-refractivity contribution in [1.29, 1.82) is 0 Å². The van der Waals surface area contributed by atoms with Crippen molar-refractivity contribution in [2.45, 2.75) is 24.7 Å². The SMILES string of the molecule is Cc1ccc(NC(=O)[C@H]2CCCN(C3=NS(=O)(=O)c4ccccc43)C2)c(Cl)c1. The average Bonchev–Trinajstić information content (AvgIpc) is 2.96. The molecule has 146 valence electrons. The predicted molar refractivity (Wildman–Crippen MR) is 109 cm³/mol. The van der Waals surface area contributed by atoms with Crippen LogP contribution in [0.15, 0.2) is 51.8 Å². The lowest BCUT2D eigenvalue weighted by atomic mass is 9.96. The van der Waals surface area contributed by atoms with Crippen LogP contribution in [0.5, 0.6) is 0 Å². The topological polar surface area (TPSA) is 78.8 Å². The van der Waals surface area contributed by atoms with Crippen LogP contribution in [0.4, 0.5) is 5.69 Å². The summed E-state index contributed by atoms with van der Waals surface area (Å²) in [6.45, 7) is 3.01. The number of fused-ring (bicyclic) bond motifs is 1. The first kappa shape index (κ1) is 19.0. The van der Waals surface area contributed by atoms with Crippen LogP contribution in [0.1, 0.15) is 24.0 Å². The Balaban J connectivity index is 1.53. The van der Waals surface area contributed by atoms with Crippen molar-refractivity contribution in [3.05, 3.63) is 58.6 Å². The van der Waals surface area contributed by atoms with Crippen LogP contribution < -0.4 is 5.32 Å². The molecule has 1 atom stereocenters. The first-order valence-corrected chi connectivity index (χ1v) is 10.9. The maximum Gasteiger partial charge on any atom is 0.285 e. The van der Waals surface area contributed by atoms with Gasteiger partial charge in [-0.05, 0) is 49.6 Å². The smallest absolute Gasteiger partial charge is 0.285 e. The number of hydrogen-bond donors (Lipinski definition) is 1. The van der Waals surface area contributed by atoms with Crippen molar-refractivity contribution < 1.29 is 13.2 Å². The van der Waals surface area contributed by atoms with Crippen LogP contribution in [0.3, 0.4) is 0 Å². The highest BCUT2D eigenvalue weighted by atomic mass is 35.5. The van der Waals surface area contributed by atoms with E-state index in [4.69, 9.17) is 11.6 Å². The monoisotopic (exact) mass is 417 g/mol. The number of carbonyl (C=O) groups is 1. The number of anilines is 1. The summed E-state index contributed by atoms with van der Waals surface area (Å²) in [4.78, 5) is 14.9. The second-order valence-corrected chi connectivity index (χ2v) is 9.12. The minimum Gasteiger partial charge on any atom is -0.355 e. The molecule has 6 nitrogen and oxygen atoms in total. The number of nitrogens with one attached hydrogen (secondary N) is 1. The van der Waals surface area contributed by atoms with Crippen molar-refractivity contribution in [2.24, 2.45) is 10.3 Å². The molecule has 1 amide bonds. The number of nitrogens with zero attached hydrogens (tertiary/aromatic N) is 2. The van der Waals surface area contributed by atoms with Gasteiger partial charge in [-0.1, -0.05) is 29.8 Å². The third-order valence-corrected chi connectivity index (χ3v) is 6.72. The molecule has 4 rings (SSSR count). The zero-order valence-corrected chi connectivity index (χ0v) is 16.9. The van der Waals surface area contributed by atoms with Crippen molar-refractivity contribution in [3.8, 4) is 0 Å². The highest BCUT2D eigenvalue weighted by Gasteiger charge is 2.35. The highest BCUT2D eigenvalue weighted by molar-refractivity contribution is 7.90. The van der Waals surface area contributed by atoms with Gasteiger partial charge in [-0.25, -0.2) is 0 Å². The van der Waals surface area contributed by atoms with E-state index in [1.165, 1.54) is 0 Å². The molecule has 2 heterocycles. The number of amides is 1. The quantitative estimate of drug-likeness (QED) is 0.811. The van der Waals surface area contributed by atoms with Gasteiger partial charge < -0.3 is 10.2 Å². The van der Waals surface area contributed by atoms with Crippen molar-refractivity contribution in [1.82, 2.24) is 4.90 Å². The zero-order chi connectivity index (χ0) is 19.9. The molecule has 1 saturated heterocycles. The van der Waals surface area contributed by atoms with E-state index >= 15 is 0 Å². The molecule has 0 saturated carbocycles. The molecule has 0 unspecified atom stereocenters. The van der Waals surface area contributed by atoms with Crippen LogP contribution in [0.2, 0.25) is 5.02 Å². The van der Waals surface area contributed by atoms with E-state index in [9.17, 15) is 13.2 Å². The molecule has 0 aromatic heterocycles. The number of halogens is 1. The summed E-state index contributed by atoms with van der Waals surface area (Å²) in [5, 5.41) is 3.40. The Labute approximate surface area is 169 Å². The summed E-state index contributed by atoms with van der Waals surface area (Å²) in [6.07, 6.45) is 1.51. The van der Waals surface area contributed by atoms with E-state index in [-0.39, 0.29) is 16.7 Å². The Morgan fingerprint density at radius 2 is 2.04 bits per heavy atom. The summed E-state index contributed by atoms with van der Waals surface area (Å²) >= 11 is 6.22. The van der Waals surface area contributed by atoms with E-state index in [1.807, 2.05) is 17.9 Å². The van der Waals surface area contributed by atoms with E-state index in [0.29, 0.717) is 35.2 Å². The van der Waals surface area contributed by atoms with Crippen molar-refractivity contribution >= 4 is 39.1 Å². The molecule has 2 aliphatic heterocycles. The molecule has 1 N–H and O–H groups in total. The van der Waals surface area contributed by atoms with Gasteiger partial charge in [0.2, 0.25) is 5.91 Å². The molecule has 0 spiro atoms. The lowest BCUT2D eigenvalue weighted by Crippen LogP contribution is -2.43.